The average molecular weight is 162 g/mol. The van der Waals surface area contributed by atoms with Crippen LogP contribution in [0.3, 0.4) is 0 Å². The van der Waals surface area contributed by atoms with Gasteiger partial charge in [0.15, 0.2) is 0 Å². The molecule has 0 aliphatic carbocycles. The second-order valence-electron chi connectivity index (χ2n) is 3.04. The quantitative estimate of drug-likeness (QED) is 0.714. The molecule has 1 heteroatoms. The molecule has 0 aliphatic heterocycles. The summed E-state index contributed by atoms with van der Waals surface area (Å²) in [6.45, 7) is 6.73. The maximum Gasteiger partial charge on any atom is 0.00791 e. The number of hydrogen-bond donors (Lipinski definition) is 1. The minimum Gasteiger partial charge on any atom is -0.314 e. The Kier molecular flexibility index (Phi) is 3.81. The second-order valence-corrected chi connectivity index (χ2v) is 3.04. The molecule has 0 aromatic heterocycles. The standard InChI is InChI=1S/C11H16N/c1-3-12-10(2)9-11-7-5-4-6-8-11/h4-8,10,12H,1,3,9H2,2H3. The van der Waals surface area contributed by atoms with Crippen molar-refractivity contribution in [1.29, 1.82) is 0 Å². The Balaban J connectivity index is 2.41. The van der Waals surface area contributed by atoms with E-state index in [-0.39, 0.29) is 0 Å². The minimum atomic E-state index is 0.518. The molecular formula is C11H16N. The molecule has 1 unspecified atom stereocenters. The highest BCUT2D eigenvalue weighted by atomic mass is 14.9. The Morgan fingerprint density at radius 1 is 1.33 bits per heavy atom. The molecule has 1 radical (unpaired) electrons. The summed E-state index contributed by atoms with van der Waals surface area (Å²) in [7, 11) is 0. The molecule has 0 spiro atoms. The van der Waals surface area contributed by atoms with Crippen LogP contribution in [-0.4, -0.2) is 12.6 Å². The molecule has 65 valence electrons. The van der Waals surface area contributed by atoms with Gasteiger partial charge in [-0.2, -0.15) is 0 Å². The van der Waals surface area contributed by atoms with Crippen LogP contribution in [-0.2, 0) is 6.42 Å². The van der Waals surface area contributed by atoms with E-state index in [0.717, 1.165) is 13.0 Å². The lowest BCUT2D eigenvalue weighted by molar-refractivity contribution is 0.580. The number of benzene rings is 1. The normalized spacial score (nSPS) is 12.8. The van der Waals surface area contributed by atoms with Gasteiger partial charge in [-0.15, -0.1) is 0 Å². The van der Waals surface area contributed by atoms with E-state index in [1.54, 1.807) is 0 Å². The maximum atomic E-state index is 3.76. The summed E-state index contributed by atoms with van der Waals surface area (Å²) >= 11 is 0. The van der Waals surface area contributed by atoms with Crippen LogP contribution in [0.2, 0.25) is 0 Å². The van der Waals surface area contributed by atoms with Crippen molar-refractivity contribution < 1.29 is 0 Å². The van der Waals surface area contributed by atoms with E-state index in [1.807, 2.05) is 6.07 Å². The third-order valence-corrected chi connectivity index (χ3v) is 1.88. The summed E-state index contributed by atoms with van der Waals surface area (Å²) in [5.41, 5.74) is 1.38. The summed E-state index contributed by atoms with van der Waals surface area (Å²) in [6, 6.07) is 11.0. The molecule has 1 atom stereocenters. The van der Waals surface area contributed by atoms with Gasteiger partial charge < -0.3 is 5.32 Å². The third-order valence-electron chi connectivity index (χ3n) is 1.88. The van der Waals surface area contributed by atoms with Crippen LogP contribution in [0.4, 0.5) is 0 Å². The first-order valence-electron chi connectivity index (χ1n) is 4.39. The van der Waals surface area contributed by atoms with Gasteiger partial charge in [-0.05, 0) is 32.4 Å². The van der Waals surface area contributed by atoms with Crippen LogP contribution in [0.25, 0.3) is 0 Å². The van der Waals surface area contributed by atoms with Crippen molar-refractivity contribution in [1.82, 2.24) is 5.32 Å². The molecule has 1 aromatic carbocycles. The topological polar surface area (TPSA) is 12.0 Å². The van der Waals surface area contributed by atoms with Gasteiger partial charge in [0.25, 0.3) is 0 Å². The van der Waals surface area contributed by atoms with Gasteiger partial charge in [0.2, 0.25) is 0 Å². The van der Waals surface area contributed by atoms with Crippen molar-refractivity contribution in [3.63, 3.8) is 0 Å². The van der Waals surface area contributed by atoms with Crippen LogP contribution in [0.5, 0.6) is 0 Å². The van der Waals surface area contributed by atoms with Gasteiger partial charge in [0.05, 0.1) is 0 Å². The highest BCUT2D eigenvalue weighted by molar-refractivity contribution is 5.15. The van der Waals surface area contributed by atoms with Gasteiger partial charge in [-0.1, -0.05) is 30.3 Å². The lowest BCUT2D eigenvalue weighted by atomic mass is 10.1. The summed E-state index contributed by atoms with van der Waals surface area (Å²) in [5.74, 6) is 0. The highest BCUT2D eigenvalue weighted by Gasteiger charge is 1.99. The monoisotopic (exact) mass is 162 g/mol. The molecule has 12 heavy (non-hydrogen) atoms. The number of nitrogens with one attached hydrogen (secondary N) is 1. The number of rotatable bonds is 4. The lowest BCUT2D eigenvalue weighted by Crippen LogP contribution is -2.27. The fourth-order valence-corrected chi connectivity index (χ4v) is 1.29. The predicted octanol–water partition coefficient (Wildman–Crippen LogP) is 2.04. The zero-order chi connectivity index (χ0) is 8.81. The van der Waals surface area contributed by atoms with E-state index in [9.17, 15) is 0 Å². The molecule has 1 nitrogen and oxygen atoms in total. The minimum absolute atomic E-state index is 0.518. The summed E-state index contributed by atoms with van der Waals surface area (Å²) in [6.07, 6.45) is 1.08. The van der Waals surface area contributed by atoms with Crippen LogP contribution < -0.4 is 5.32 Å². The molecule has 0 heterocycles. The van der Waals surface area contributed by atoms with Crippen molar-refractivity contribution in [2.75, 3.05) is 6.54 Å². The van der Waals surface area contributed by atoms with E-state index in [1.165, 1.54) is 5.56 Å². The summed E-state index contributed by atoms with van der Waals surface area (Å²) in [4.78, 5) is 0. The Bertz CT molecular complexity index is 206. The Labute approximate surface area is 74.8 Å². The van der Waals surface area contributed by atoms with E-state index >= 15 is 0 Å². The van der Waals surface area contributed by atoms with E-state index in [0.29, 0.717) is 6.04 Å². The fourth-order valence-electron chi connectivity index (χ4n) is 1.29. The van der Waals surface area contributed by atoms with Gasteiger partial charge in [0, 0.05) is 6.04 Å². The molecule has 0 aliphatic rings. The molecule has 1 aromatic rings. The van der Waals surface area contributed by atoms with E-state index in [4.69, 9.17) is 0 Å². The first kappa shape index (κ1) is 9.27. The third kappa shape index (κ3) is 3.05. The Hall–Kier alpha value is -0.820. The largest absolute Gasteiger partial charge is 0.314 e. The molecule has 0 bridgehead atoms. The van der Waals surface area contributed by atoms with Crippen LogP contribution in [0.15, 0.2) is 30.3 Å². The van der Waals surface area contributed by atoms with Gasteiger partial charge in [-0.3, -0.25) is 0 Å². The van der Waals surface area contributed by atoms with Gasteiger partial charge in [0.1, 0.15) is 0 Å². The number of hydrogen-bond acceptors (Lipinski definition) is 1. The van der Waals surface area contributed by atoms with Crippen molar-refractivity contribution in [3.05, 3.63) is 42.8 Å². The molecule has 0 amide bonds. The smallest absolute Gasteiger partial charge is 0.00791 e. The Morgan fingerprint density at radius 2 is 2.00 bits per heavy atom. The molecule has 1 rings (SSSR count). The predicted molar refractivity (Wildman–Crippen MR) is 53.0 cm³/mol. The van der Waals surface area contributed by atoms with E-state index in [2.05, 4.69) is 43.4 Å². The average Bonchev–Trinajstić information content (AvgIpc) is 2.06. The fraction of sp³-hybridized carbons (Fsp3) is 0.364. The molecular weight excluding hydrogens is 146 g/mol. The molecule has 0 saturated carbocycles. The first-order chi connectivity index (χ1) is 5.83. The zero-order valence-electron chi connectivity index (χ0n) is 7.59. The van der Waals surface area contributed by atoms with Crippen LogP contribution in [0, 0.1) is 6.92 Å². The maximum absolute atomic E-state index is 3.76. The van der Waals surface area contributed by atoms with Crippen LogP contribution >= 0.6 is 0 Å². The molecule has 0 saturated heterocycles. The van der Waals surface area contributed by atoms with Crippen LogP contribution in [0.1, 0.15) is 12.5 Å². The van der Waals surface area contributed by atoms with Gasteiger partial charge >= 0.3 is 0 Å². The van der Waals surface area contributed by atoms with Crippen molar-refractivity contribution >= 4 is 0 Å². The molecule has 1 N–H and O–H groups in total. The Morgan fingerprint density at radius 3 is 2.58 bits per heavy atom. The SMILES string of the molecule is [CH2]CNC(C)Cc1ccccc1. The van der Waals surface area contributed by atoms with Crippen molar-refractivity contribution in [3.8, 4) is 0 Å². The molecule has 0 fully saturated rings. The summed E-state index contributed by atoms with van der Waals surface area (Å²) < 4.78 is 0. The summed E-state index contributed by atoms with van der Waals surface area (Å²) in [5, 5.41) is 3.28. The highest BCUT2D eigenvalue weighted by Crippen LogP contribution is 2.01. The van der Waals surface area contributed by atoms with E-state index < -0.39 is 0 Å². The van der Waals surface area contributed by atoms with Crippen molar-refractivity contribution in [2.24, 2.45) is 0 Å². The lowest BCUT2D eigenvalue weighted by Gasteiger charge is -2.11. The first-order valence-corrected chi connectivity index (χ1v) is 4.39. The zero-order valence-corrected chi connectivity index (χ0v) is 7.59. The van der Waals surface area contributed by atoms with Gasteiger partial charge in [-0.25, -0.2) is 0 Å². The van der Waals surface area contributed by atoms with Crippen molar-refractivity contribution in [2.45, 2.75) is 19.4 Å². The second kappa shape index (κ2) is 4.94.